The summed E-state index contributed by atoms with van der Waals surface area (Å²) >= 11 is 1.69. The van der Waals surface area contributed by atoms with E-state index < -0.39 is 0 Å². The molecule has 2 aromatic rings. The molecule has 2 aliphatic carbocycles. The minimum atomic E-state index is 0.0348. The van der Waals surface area contributed by atoms with Crippen molar-refractivity contribution in [3.05, 3.63) is 23.4 Å². The Bertz CT molecular complexity index is 695. The fourth-order valence-corrected chi connectivity index (χ4v) is 4.39. The topological polar surface area (TPSA) is 57.8 Å². The molecule has 1 saturated carbocycles. The van der Waals surface area contributed by atoms with Gasteiger partial charge >= 0.3 is 0 Å². The van der Waals surface area contributed by atoms with Gasteiger partial charge in [-0.2, -0.15) is 5.10 Å². The highest BCUT2D eigenvalue weighted by Gasteiger charge is 2.37. The Morgan fingerprint density at radius 2 is 2.19 bits per heavy atom. The van der Waals surface area contributed by atoms with Crippen molar-refractivity contribution in [2.75, 3.05) is 5.32 Å². The number of hydrogen-bond donors (Lipinski definition) is 2. The molecule has 0 bridgehead atoms. The van der Waals surface area contributed by atoms with E-state index in [0.717, 1.165) is 27.6 Å². The summed E-state index contributed by atoms with van der Waals surface area (Å²) in [6.07, 6.45) is 5.84. The molecule has 21 heavy (non-hydrogen) atoms. The Balaban J connectivity index is 1.86. The largest absolute Gasteiger partial charge is 0.374 e. The number of nitrogens with one attached hydrogen (secondary N) is 2. The summed E-state index contributed by atoms with van der Waals surface area (Å²) in [5.41, 5.74) is 3.11. The lowest BCUT2D eigenvalue weighted by molar-refractivity contribution is 0.0914. The zero-order chi connectivity index (χ0) is 14.6. The SMILES string of the molecule is CC1(C)CC(=O)c2c(NC3CC3)sc(-c3cc[nH]n3)c2C1. The molecule has 2 N–H and O–H groups in total. The lowest BCUT2D eigenvalue weighted by Crippen LogP contribution is -2.27. The third-order valence-corrected chi connectivity index (χ3v) is 5.41. The number of carbonyl (C=O) groups excluding carboxylic acids is 1. The van der Waals surface area contributed by atoms with Crippen molar-refractivity contribution in [3.63, 3.8) is 0 Å². The zero-order valence-corrected chi connectivity index (χ0v) is 13.1. The summed E-state index contributed by atoms with van der Waals surface area (Å²) in [6.45, 7) is 4.35. The van der Waals surface area contributed by atoms with Crippen LogP contribution in [0.4, 0.5) is 5.00 Å². The van der Waals surface area contributed by atoms with Crippen molar-refractivity contribution in [2.24, 2.45) is 5.41 Å². The molecule has 0 unspecified atom stereocenters. The summed E-state index contributed by atoms with van der Waals surface area (Å²) in [5.74, 6) is 0.280. The van der Waals surface area contributed by atoms with E-state index >= 15 is 0 Å². The van der Waals surface area contributed by atoms with Crippen LogP contribution in [0.25, 0.3) is 10.6 Å². The number of nitrogens with zero attached hydrogens (tertiary/aromatic N) is 1. The molecule has 4 rings (SSSR count). The third-order valence-electron chi connectivity index (χ3n) is 4.23. The molecule has 0 aliphatic heterocycles. The lowest BCUT2D eigenvalue weighted by Gasteiger charge is -2.29. The Hall–Kier alpha value is -1.62. The molecular weight excluding hydrogens is 282 g/mol. The maximum atomic E-state index is 12.6. The van der Waals surface area contributed by atoms with Gasteiger partial charge in [0.2, 0.25) is 0 Å². The van der Waals surface area contributed by atoms with Gasteiger partial charge in [-0.25, -0.2) is 0 Å². The number of thiophene rings is 1. The van der Waals surface area contributed by atoms with Crippen molar-refractivity contribution >= 4 is 22.1 Å². The Labute approximate surface area is 128 Å². The first kappa shape index (κ1) is 13.1. The minimum absolute atomic E-state index is 0.0348. The molecule has 4 nitrogen and oxygen atoms in total. The number of anilines is 1. The van der Waals surface area contributed by atoms with Gasteiger partial charge in [0.1, 0.15) is 10.7 Å². The zero-order valence-electron chi connectivity index (χ0n) is 12.3. The molecule has 0 spiro atoms. The van der Waals surface area contributed by atoms with Crippen molar-refractivity contribution < 1.29 is 4.79 Å². The van der Waals surface area contributed by atoms with Crippen LogP contribution in [0.2, 0.25) is 0 Å². The number of aromatic nitrogens is 2. The van der Waals surface area contributed by atoms with E-state index in [1.165, 1.54) is 18.4 Å². The van der Waals surface area contributed by atoms with Crippen molar-refractivity contribution in [2.45, 2.75) is 45.6 Å². The summed E-state index contributed by atoms with van der Waals surface area (Å²) < 4.78 is 0. The van der Waals surface area contributed by atoms with Crippen LogP contribution < -0.4 is 5.32 Å². The van der Waals surface area contributed by atoms with Gasteiger partial charge in [-0.1, -0.05) is 13.8 Å². The van der Waals surface area contributed by atoms with E-state index in [0.29, 0.717) is 12.5 Å². The van der Waals surface area contributed by atoms with Crippen LogP contribution in [-0.4, -0.2) is 22.0 Å². The summed E-state index contributed by atoms with van der Waals surface area (Å²) in [4.78, 5) is 13.8. The highest BCUT2D eigenvalue weighted by atomic mass is 32.1. The number of H-pyrrole nitrogens is 1. The van der Waals surface area contributed by atoms with E-state index in [9.17, 15) is 4.79 Å². The normalized spacial score (nSPS) is 20.4. The predicted molar refractivity (Wildman–Crippen MR) is 85.0 cm³/mol. The van der Waals surface area contributed by atoms with Gasteiger partial charge in [0.15, 0.2) is 5.78 Å². The molecule has 5 heteroatoms. The van der Waals surface area contributed by atoms with Gasteiger partial charge in [-0.3, -0.25) is 9.89 Å². The fourth-order valence-electron chi connectivity index (χ4n) is 3.10. The Morgan fingerprint density at radius 1 is 1.38 bits per heavy atom. The minimum Gasteiger partial charge on any atom is -0.374 e. The molecule has 0 saturated heterocycles. The van der Waals surface area contributed by atoms with Gasteiger partial charge in [-0.05, 0) is 36.3 Å². The maximum Gasteiger partial charge on any atom is 0.166 e. The summed E-state index contributed by atoms with van der Waals surface area (Å²) in [5, 5.41) is 11.8. The molecule has 0 amide bonds. The van der Waals surface area contributed by atoms with Crippen molar-refractivity contribution in [1.29, 1.82) is 0 Å². The van der Waals surface area contributed by atoms with E-state index in [1.807, 2.05) is 12.3 Å². The van der Waals surface area contributed by atoms with Gasteiger partial charge in [0, 0.05) is 18.7 Å². The van der Waals surface area contributed by atoms with E-state index in [4.69, 9.17) is 0 Å². The average molecular weight is 301 g/mol. The molecule has 110 valence electrons. The molecule has 2 aliphatic rings. The van der Waals surface area contributed by atoms with Crippen LogP contribution in [-0.2, 0) is 6.42 Å². The molecule has 0 radical (unpaired) electrons. The summed E-state index contributed by atoms with van der Waals surface area (Å²) in [6, 6.07) is 2.54. The maximum absolute atomic E-state index is 12.6. The average Bonchev–Trinajstić information content (AvgIpc) is 2.92. The third kappa shape index (κ3) is 2.29. The lowest BCUT2D eigenvalue weighted by atomic mass is 9.74. The highest BCUT2D eigenvalue weighted by Crippen LogP contribution is 2.48. The number of fused-ring (bicyclic) bond motifs is 1. The monoisotopic (exact) mass is 301 g/mol. The van der Waals surface area contributed by atoms with Gasteiger partial charge in [0.05, 0.1) is 10.4 Å². The van der Waals surface area contributed by atoms with Crippen LogP contribution in [0.5, 0.6) is 0 Å². The fraction of sp³-hybridized carbons (Fsp3) is 0.500. The van der Waals surface area contributed by atoms with Crippen LogP contribution >= 0.6 is 11.3 Å². The standard InChI is InChI=1S/C16H19N3OS/c1-16(2)7-10-13(12(20)8-16)15(18-9-3-4-9)21-14(10)11-5-6-17-19-11/h5-6,9,18H,3-4,7-8H2,1-2H3,(H,17,19). The number of aromatic amines is 1. The molecule has 0 aromatic carbocycles. The molecular formula is C16H19N3OS. The van der Waals surface area contributed by atoms with Gasteiger partial charge < -0.3 is 5.32 Å². The second-order valence-corrected chi connectivity index (χ2v) is 7.95. The van der Waals surface area contributed by atoms with Crippen molar-refractivity contribution in [1.82, 2.24) is 10.2 Å². The van der Waals surface area contributed by atoms with Gasteiger partial charge in [0.25, 0.3) is 0 Å². The van der Waals surface area contributed by atoms with Crippen molar-refractivity contribution in [3.8, 4) is 10.6 Å². The second kappa shape index (κ2) is 4.44. The van der Waals surface area contributed by atoms with Crippen LogP contribution in [0.1, 0.15) is 49.0 Å². The smallest absolute Gasteiger partial charge is 0.166 e. The molecule has 2 aromatic heterocycles. The first-order chi connectivity index (χ1) is 10.0. The first-order valence-corrected chi connectivity index (χ1v) is 8.31. The Kier molecular flexibility index (Phi) is 2.76. The van der Waals surface area contributed by atoms with Crippen LogP contribution in [0.15, 0.2) is 12.3 Å². The number of carbonyl (C=O) groups is 1. The first-order valence-electron chi connectivity index (χ1n) is 7.49. The van der Waals surface area contributed by atoms with Gasteiger partial charge in [-0.15, -0.1) is 11.3 Å². The summed E-state index contributed by atoms with van der Waals surface area (Å²) in [7, 11) is 0. The Morgan fingerprint density at radius 3 is 2.86 bits per heavy atom. The predicted octanol–water partition coefficient (Wildman–Crippen LogP) is 3.87. The van der Waals surface area contributed by atoms with E-state index in [-0.39, 0.29) is 11.2 Å². The number of ketones is 1. The van der Waals surface area contributed by atoms with Crippen LogP contribution in [0.3, 0.4) is 0 Å². The van der Waals surface area contributed by atoms with Crippen LogP contribution in [0, 0.1) is 5.41 Å². The quantitative estimate of drug-likeness (QED) is 0.905. The van der Waals surface area contributed by atoms with E-state index in [1.54, 1.807) is 11.3 Å². The number of rotatable bonds is 3. The van der Waals surface area contributed by atoms with E-state index in [2.05, 4.69) is 29.4 Å². The number of Topliss-reactive ketones (excluding diaryl/α,β-unsaturated/α-hetero) is 1. The molecule has 1 fully saturated rings. The highest BCUT2D eigenvalue weighted by molar-refractivity contribution is 7.20. The molecule has 0 atom stereocenters. The molecule has 2 heterocycles. The second-order valence-electron chi connectivity index (χ2n) is 6.93. The number of hydrogen-bond acceptors (Lipinski definition) is 4.